The van der Waals surface area contributed by atoms with Gasteiger partial charge in [0.05, 0.1) is 19.1 Å². The maximum atomic E-state index is 13.0. The standard InChI is InChI=1S/C16H21N9O8S2/c1-16(2,14(28)29)33-23-10(7-5-34-15(18)21-7)12(26)22-11-8(25(13(11)27)35(30,31)32)4-24-9(3-17)19-6-20-24/h5-6,8,11H,3-4,17H2,1-2H3,(H2,18,21)(H,22,26)(H,28,29)(H,30,31,32)/b23-10-/t8-,11?/m0/s1. The van der Waals surface area contributed by atoms with Crippen molar-refractivity contribution >= 4 is 50.3 Å². The van der Waals surface area contributed by atoms with Crippen molar-refractivity contribution in [2.45, 2.75) is 44.6 Å². The van der Waals surface area contributed by atoms with E-state index in [0.717, 1.165) is 17.7 Å². The lowest BCUT2D eigenvalue weighted by molar-refractivity contribution is -0.161. The zero-order valence-corrected chi connectivity index (χ0v) is 19.9. The van der Waals surface area contributed by atoms with Gasteiger partial charge in [-0.1, -0.05) is 5.16 Å². The highest BCUT2D eigenvalue weighted by atomic mass is 32.2. The maximum Gasteiger partial charge on any atom is 0.362 e. The Morgan fingerprint density at radius 3 is 2.63 bits per heavy atom. The number of amides is 2. The number of carboxylic acid groups (broad SMARTS) is 1. The fourth-order valence-electron chi connectivity index (χ4n) is 2.93. The molecule has 19 heteroatoms. The zero-order chi connectivity index (χ0) is 26.1. The predicted octanol–water partition coefficient (Wildman–Crippen LogP) is -2.44. The summed E-state index contributed by atoms with van der Waals surface area (Å²) in [4.78, 5) is 49.7. The number of carbonyl (C=O) groups excluding carboxylic acids is 2. The smallest absolute Gasteiger partial charge is 0.362 e. The highest BCUT2D eigenvalue weighted by molar-refractivity contribution is 7.84. The van der Waals surface area contributed by atoms with Gasteiger partial charge in [0.15, 0.2) is 10.8 Å². The molecule has 2 aromatic rings. The zero-order valence-electron chi connectivity index (χ0n) is 18.2. The third-order valence-electron chi connectivity index (χ3n) is 4.80. The molecule has 2 aromatic heterocycles. The lowest BCUT2D eigenvalue weighted by Crippen LogP contribution is -2.73. The molecule has 1 aliphatic heterocycles. The number of thiazole rings is 1. The van der Waals surface area contributed by atoms with Crippen molar-refractivity contribution < 1.29 is 37.3 Å². The van der Waals surface area contributed by atoms with Gasteiger partial charge in [0, 0.05) is 5.38 Å². The summed E-state index contributed by atoms with van der Waals surface area (Å²) in [6.07, 6.45) is 1.16. The average molecular weight is 532 g/mol. The van der Waals surface area contributed by atoms with Crippen molar-refractivity contribution in [3.05, 3.63) is 23.2 Å². The van der Waals surface area contributed by atoms with Gasteiger partial charge in [0.1, 0.15) is 23.9 Å². The molecule has 0 aliphatic carbocycles. The third kappa shape index (κ3) is 5.37. The number of nitrogens with two attached hydrogens (primary N) is 2. The van der Waals surface area contributed by atoms with E-state index in [9.17, 15) is 32.5 Å². The number of rotatable bonds is 10. The number of hydrogen-bond acceptors (Lipinski definition) is 13. The van der Waals surface area contributed by atoms with Crippen LogP contribution in [0.5, 0.6) is 0 Å². The number of aromatic nitrogens is 4. The minimum atomic E-state index is -4.97. The number of carboxylic acids is 1. The molecular weight excluding hydrogens is 510 g/mol. The van der Waals surface area contributed by atoms with Crippen LogP contribution in [0.4, 0.5) is 5.13 Å². The van der Waals surface area contributed by atoms with E-state index in [1.54, 1.807) is 0 Å². The number of carbonyl (C=O) groups is 3. The second kappa shape index (κ2) is 9.52. The molecule has 3 rings (SSSR count). The van der Waals surface area contributed by atoms with Crippen LogP contribution in [0.15, 0.2) is 16.9 Å². The minimum Gasteiger partial charge on any atom is -0.478 e. The van der Waals surface area contributed by atoms with Crippen molar-refractivity contribution in [1.29, 1.82) is 0 Å². The summed E-state index contributed by atoms with van der Waals surface area (Å²) in [6, 6.07) is -2.75. The molecule has 1 saturated heterocycles. The molecule has 35 heavy (non-hydrogen) atoms. The van der Waals surface area contributed by atoms with Gasteiger partial charge in [0.2, 0.25) is 5.60 Å². The van der Waals surface area contributed by atoms with E-state index >= 15 is 0 Å². The van der Waals surface area contributed by atoms with Crippen LogP contribution in [0.3, 0.4) is 0 Å². The molecule has 0 bridgehead atoms. The Labute approximate surface area is 201 Å². The second-order valence-electron chi connectivity index (χ2n) is 7.61. The van der Waals surface area contributed by atoms with Crippen molar-refractivity contribution in [2.75, 3.05) is 5.73 Å². The number of β-lactam (4-membered cyclic amide) rings is 1. The Kier molecular flexibility index (Phi) is 7.06. The van der Waals surface area contributed by atoms with E-state index in [1.807, 2.05) is 0 Å². The first-order valence-electron chi connectivity index (χ1n) is 9.65. The van der Waals surface area contributed by atoms with Gasteiger partial charge < -0.3 is 26.7 Å². The highest BCUT2D eigenvalue weighted by Gasteiger charge is 2.54. The highest BCUT2D eigenvalue weighted by Crippen LogP contribution is 2.26. The second-order valence-corrected chi connectivity index (χ2v) is 9.79. The summed E-state index contributed by atoms with van der Waals surface area (Å²) in [5.74, 6) is -3.30. The Hall–Kier alpha value is -3.68. The molecule has 0 aromatic carbocycles. The molecule has 1 aliphatic rings. The molecule has 0 radical (unpaired) electrons. The minimum absolute atomic E-state index is 0.0533. The van der Waals surface area contributed by atoms with Crippen LogP contribution in [0, 0.1) is 0 Å². The van der Waals surface area contributed by atoms with E-state index < -0.39 is 51.5 Å². The first kappa shape index (κ1) is 25.9. The van der Waals surface area contributed by atoms with Crippen LogP contribution in [-0.4, -0.2) is 83.3 Å². The summed E-state index contributed by atoms with van der Waals surface area (Å²) in [6.45, 7) is 2.03. The Balaban J connectivity index is 1.90. The van der Waals surface area contributed by atoms with Gasteiger partial charge in [0.25, 0.3) is 11.8 Å². The Morgan fingerprint density at radius 2 is 2.09 bits per heavy atom. The molecule has 0 spiro atoms. The maximum absolute atomic E-state index is 13.0. The Bertz CT molecular complexity index is 1290. The third-order valence-corrected chi connectivity index (χ3v) is 6.42. The van der Waals surface area contributed by atoms with Crippen molar-refractivity contribution in [1.82, 2.24) is 29.4 Å². The Morgan fingerprint density at radius 1 is 1.40 bits per heavy atom. The van der Waals surface area contributed by atoms with Crippen LogP contribution in [0.2, 0.25) is 0 Å². The number of nitrogen functional groups attached to an aromatic ring is 1. The summed E-state index contributed by atoms with van der Waals surface area (Å²) in [7, 11) is -4.97. The lowest BCUT2D eigenvalue weighted by Gasteiger charge is -2.44. The topological polar surface area (TPSA) is 258 Å². The van der Waals surface area contributed by atoms with Crippen molar-refractivity contribution in [3.63, 3.8) is 0 Å². The van der Waals surface area contributed by atoms with E-state index in [2.05, 4.69) is 25.5 Å². The van der Waals surface area contributed by atoms with E-state index in [-0.39, 0.29) is 34.0 Å². The molecule has 2 atom stereocenters. The predicted molar refractivity (Wildman–Crippen MR) is 118 cm³/mol. The molecule has 3 heterocycles. The van der Waals surface area contributed by atoms with Gasteiger partial charge in [-0.3, -0.25) is 14.1 Å². The SMILES string of the molecule is CC(C)(O/N=C(\C(=O)NC1C(=O)N(S(=O)(=O)O)[C@H]1Cn1ncnc1CN)c1csc(N)n1)C(=O)O. The van der Waals surface area contributed by atoms with Crippen LogP contribution in [-0.2, 0) is 42.6 Å². The van der Waals surface area contributed by atoms with Crippen LogP contribution in [0.25, 0.3) is 0 Å². The summed E-state index contributed by atoms with van der Waals surface area (Å²) >= 11 is 0.956. The number of nitrogens with zero attached hydrogens (tertiary/aromatic N) is 6. The van der Waals surface area contributed by atoms with Gasteiger partial charge >= 0.3 is 16.3 Å². The van der Waals surface area contributed by atoms with Gasteiger partial charge in [-0.25, -0.2) is 23.7 Å². The summed E-state index contributed by atoms with van der Waals surface area (Å²) < 4.78 is 34.3. The van der Waals surface area contributed by atoms with E-state index in [0.29, 0.717) is 0 Å². The first-order chi connectivity index (χ1) is 16.3. The quantitative estimate of drug-likeness (QED) is 0.0924. The normalized spacial score (nSPS) is 18.8. The fourth-order valence-corrected chi connectivity index (χ4v) is 4.35. The molecule has 0 saturated carbocycles. The monoisotopic (exact) mass is 531 g/mol. The van der Waals surface area contributed by atoms with Crippen LogP contribution < -0.4 is 16.8 Å². The molecule has 1 fully saturated rings. The molecular formula is C16H21N9O8S2. The van der Waals surface area contributed by atoms with Crippen LogP contribution in [0.1, 0.15) is 25.4 Å². The molecule has 1 unspecified atom stereocenters. The number of nitrogens with one attached hydrogen (secondary N) is 1. The average Bonchev–Trinajstić information content (AvgIpc) is 3.39. The fraction of sp³-hybridized carbons (Fsp3) is 0.438. The summed E-state index contributed by atoms with van der Waals surface area (Å²) in [5, 5.41) is 20.4. The summed E-state index contributed by atoms with van der Waals surface area (Å²) in [5.41, 5.74) is 8.74. The number of oxime groups is 1. The molecule has 190 valence electrons. The molecule has 7 N–H and O–H groups in total. The molecule has 17 nitrogen and oxygen atoms in total. The van der Waals surface area contributed by atoms with Gasteiger partial charge in [-0.2, -0.15) is 13.5 Å². The molecule has 2 amide bonds. The van der Waals surface area contributed by atoms with Crippen molar-refractivity contribution in [3.8, 4) is 0 Å². The van der Waals surface area contributed by atoms with Crippen molar-refractivity contribution in [2.24, 2.45) is 10.9 Å². The van der Waals surface area contributed by atoms with Crippen LogP contribution >= 0.6 is 11.3 Å². The largest absolute Gasteiger partial charge is 0.478 e. The lowest BCUT2D eigenvalue weighted by atomic mass is 9.98. The van der Waals surface area contributed by atoms with E-state index in [4.69, 9.17) is 16.3 Å². The number of anilines is 1. The van der Waals surface area contributed by atoms with Gasteiger partial charge in [-0.15, -0.1) is 11.3 Å². The first-order valence-corrected chi connectivity index (χ1v) is 11.9. The number of aliphatic carboxylic acids is 1. The number of hydrogen-bond donors (Lipinski definition) is 5. The van der Waals surface area contributed by atoms with Gasteiger partial charge in [-0.05, 0) is 13.8 Å². The van der Waals surface area contributed by atoms with E-state index in [1.165, 1.54) is 23.9 Å².